The second-order valence-corrected chi connectivity index (χ2v) is 13.4. The third-order valence-corrected chi connectivity index (χ3v) is 9.44. The molecule has 0 saturated carbocycles. The Morgan fingerprint density at radius 3 is 1.39 bits per heavy atom. The van der Waals surface area contributed by atoms with E-state index in [0.29, 0.717) is 5.39 Å². The third kappa shape index (κ3) is 16.3. The van der Waals surface area contributed by atoms with Crippen LogP contribution in [0.25, 0.3) is 10.8 Å². The molecule has 0 saturated heterocycles. The molecule has 0 amide bonds. The van der Waals surface area contributed by atoms with Crippen LogP contribution in [0.3, 0.4) is 0 Å². The first-order valence-electron chi connectivity index (χ1n) is 17.0. The zero-order chi connectivity index (χ0) is 28.9. The Hall–Kier alpha value is -0.390. The topological polar surface area (TPSA) is 57.2 Å². The number of hydrogen-bond acceptors (Lipinski definition) is 3. The standard InChI is InChI=1S/C36H60O3S.Na/c1-3-5-7-9-11-13-15-17-19-21-23-26-32-30-31-33-27-25-29-35(40(37,38)39)36(33)34(32)28-24-22-20-18-16-14-12-10-8-6-4-2;/h25,27,29-31H,3-24,26,28H2,1-2H3,(H,37,38,39);/q;+1/p-1. The fourth-order valence-electron chi connectivity index (χ4n) is 6.14. The molecule has 0 radical (unpaired) electrons. The van der Waals surface area contributed by atoms with Crippen molar-refractivity contribution in [1.29, 1.82) is 0 Å². The van der Waals surface area contributed by atoms with Gasteiger partial charge in [0.25, 0.3) is 0 Å². The summed E-state index contributed by atoms with van der Waals surface area (Å²) in [5.41, 5.74) is 2.35. The molecule has 0 atom stereocenters. The van der Waals surface area contributed by atoms with Crippen LogP contribution in [-0.4, -0.2) is 13.0 Å². The molecule has 41 heavy (non-hydrogen) atoms. The minimum atomic E-state index is -4.52. The van der Waals surface area contributed by atoms with Gasteiger partial charge in [0.1, 0.15) is 10.1 Å². The van der Waals surface area contributed by atoms with E-state index in [4.69, 9.17) is 0 Å². The quantitative estimate of drug-likeness (QED) is 0.0658. The number of hydrogen-bond donors (Lipinski definition) is 0. The van der Waals surface area contributed by atoms with E-state index >= 15 is 0 Å². The van der Waals surface area contributed by atoms with E-state index in [0.717, 1.165) is 43.1 Å². The van der Waals surface area contributed by atoms with E-state index in [1.807, 2.05) is 12.1 Å². The predicted molar refractivity (Wildman–Crippen MR) is 172 cm³/mol. The molecule has 0 aliphatic rings. The van der Waals surface area contributed by atoms with Crippen LogP contribution >= 0.6 is 0 Å². The summed E-state index contributed by atoms with van der Waals surface area (Å²) in [6.07, 6.45) is 30.5. The van der Waals surface area contributed by atoms with Gasteiger partial charge in [-0.15, -0.1) is 0 Å². The second kappa shape index (κ2) is 24.0. The normalized spacial score (nSPS) is 11.7. The first-order valence-corrected chi connectivity index (χ1v) is 18.4. The molecule has 0 fully saturated rings. The summed E-state index contributed by atoms with van der Waals surface area (Å²) in [5, 5.41) is 1.56. The first-order chi connectivity index (χ1) is 19.5. The van der Waals surface area contributed by atoms with Gasteiger partial charge in [-0.1, -0.05) is 167 Å². The number of unbranched alkanes of at least 4 members (excludes halogenated alkanes) is 20. The molecule has 2 aromatic carbocycles. The Morgan fingerprint density at radius 1 is 0.537 bits per heavy atom. The van der Waals surface area contributed by atoms with E-state index in [-0.39, 0.29) is 34.5 Å². The van der Waals surface area contributed by atoms with Crippen molar-refractivity contribution in [2.75, 3.05) is 0 Å². The van der Waals surface area contributed by atoms with Crippen molar-refractivity contribution in [3.63, 3.8) is 0 Å². The summed E-state index contributed by atoms with van der Waals surface area (Å²) in [5.74, 6) is 0. The third-order valence-electron chi connectivity index (χ3n) is 8.56. The predicted octanol–water partition coefficient (Wildman–Crippen LogP) is 8.45. The van der Waals surface area contributed by atoms with Gasteiger partial charge in [0.05, 0.1) is 4.90 Å². The summed E-state index contributed by atoms with van der Waals surface area (Å²) in [6, 6.07) is 9.35. The van der Waals surface area contributed by atoms with E-state index < -0.39 is 10.1 Å². The fourth-order valence-corrected chi connectivity index (χ4v) is 6.87. The Kier molecular flexibility index (Phi) is 22.6. The Morgan fingerprint density at radius 2 is 0.951 bits per heavy atom. The van der Waals surface area contributed by atoms with Crippen LogP contribution in [0.2, 0.25) is 0 Å². The average molecular weight is 595 g/mol. The van der Waals surface area contributed by atoms with Crippen LogP contribution in [0.4, 0.5) is 0 Å². The van der Waals surface area contributed by atoms with Gasteiger partial charge < -0.3 is 4.55 Å². The summed E-state index contributed by atoms with van der Waals surface area (Å²) in [4.78, 5) is -0.0381. The average Bonchev–Trinajstić information content (AvgIpc) is 2.94. The van der Waals surface area contributed by atoms with Crippen LogP contribution < -0.4 is 29.6 Å². The summed E-state index contributed by atoms with van der Waals surface area (Å²) >= 11 is 0. The van der Waals surface area contributed by atoms with Crippen LogP contribution in [0.5, 0.6) is 0 Å². The zero-order valence-corrected chi connectivity index (χ0v) is 29.8. The van der Waals surface area contributed by atoms with Crippen LogP contribution in [0.15, 0.2) is 35.2 Å². The molecule has 2 aromatic rings. The monoisotopic (exact) mass is 594 g/mol. The smallest absolute Gasteiger partial charge is 0.744 e. The van der Waals surface area contributed by atoms with Gasteiger partial charge in [0, 0.05) is 5.39 Å². The van der Waals surface area contributed by atoms with E-state index in [1.165, 1.54) is 134 Å². The van der Waals surface area contributed by atoms with E-state index in [1.54, 1.807) is 6.07 Å². The largest absolute Gasteiger partial charge is 1.00 e. The molecule has 2 rings (SSSR count). The Labute approximate surface area is 276 Å². The molecule has 0 bridgehead atoms. The van der Waals surface area contributed by atoms with Gasteiger partial charge in [-0.3, -0.25) is 0 Å². The van der Waals surface area contributed by atoms with Gasteiger partial charge in [-0.25, -0.2) is 8.42 Å². The number of benzene rings is 2. The molecule has 0 heterocycles. The van der Waals surface area contributed by atoms with Crippen LogP contribution in [0.1, 0.15) is 166 Å². The van der Waals surface area contributed by atoms with Crippen molar-refractivity contribution in [3.05, 3.63) is 41.5 Å². The maximum absolute atomic E-state index is 12.2. The molecule has 0 unspecified atom stereocenters. The molecule has 0 aliphatic carbocycles. The van der Waals surface area contributed by atoms with Gasteiger partial charge in [-0.05, 0) is 48.3 Å². The van der Waals surface area contributed by atoms with Gasteiger partial charge in [-0.2, -0.15) is 0 Å². The van der Waals surface area contributed by atoms with Gasteiger partial charge in [0.2, 0.25) is 0 Å². The minimum absolute atomic E-state index is 0. The Balaban J connectivity index is 0.00000840. The van der Waals surface area contributed by atoms with Crippen molar-refractivity contribution >= 4 is 20.9 Å². The van der Waals surface area contributed by atoms with E-state index in [2.05, 4.69) is 19.9 Å². The molecule has 3 nitrogen and oxygen atoms in total. The molecule has 0 aromatic heterocycles. The van der Waals surface area contributed by atoms with Crippen LogP contribution in [0, 0.1) is 0 Å². The molecule has 0 spiro atoms. The van der Waals surface area contributed by atoms with Crippen molar-refractivity contribution in [3.8, 4) is 0 Å². The molecule has 5 heteroatoms. The maximum Gasteiger partial charge on any atom is 1.00 e. The van der Waals surface area contributed by atoms with Gasteiger partial charge in [0.15, 0.2) is 0 Å². The summed E-state index contributed by atoms with van der Waals surface area (Å²) < 4.78 is 36.5. The van der Waals surface area contributed by atoms with E-state index in [9.17, 15) is 13.0 Å². The van der Waals surface area contributed by atoms with Crippen molar-refractivity contribution in [1.82, 2.24) is 0 Å². The molecule has 228 valence electrons. The molecule has 0 N–H and O–H groups in total. The van der Waals surface area contributed by atoms with Crippen molar-refractivity contribution in [2.24, 2.45) is 0 Å². The second-order valence-electron chi connectivity index (χ2n) is 12.1. The molecular weight excluding hydrogens is 535 g/mol. The van der Waals surface area contributed by atoms with Crippen LogP contribution in [-0.2, 0) is 23.0 Å². The fraction of sp³-hybridized carbons (Fsp3) is 0.722. The van der Waals surface area contributed by atoms with Gasteiger partial charge >= 0.3 is 29.6 Å². The maximum atomic E-state index is 12.2. The molecule has 0 aliphatic heterocycles. The number of aryl methyl sites for hydroxylation is 2. The number of rotatable bonds is 25. The molecular formula is C36H59NaO3S. The summed E-state index contributed by atoms with van der Waals surface area (Å²) in [7, 11) is -4.52. The zero-order valence-electron chi connectivity index (χ0n) is 27.0. The van der Waals surface area contributed by atoms with Crippen molar-refractivity contribution in [2.45, 2.75) is 173 Å². The van der Waals surface area contributed by atoms with Crippen molar-refractivity contribution < 1.29 is 42.5 Å². The minimum Gasteiger partial charge on any atom is -0.744 e. The SMILES string of the molecule is CCCCCCCCCCCCCc1ccc2cccc(S(=O)(=O)[O-])c2c1CCCCCCCCCCCCC.[Na+]. The first kappa shape index (κ1) is 38.6. The Bertz CT molecular complexity index is 1030. The number of fused-ring (bicyclic) bond motifs is 1. The summed E-state index contributed by atoms with van der Waals surface area (Å²) in [6.45, 7) is 4.53.